The third-order valence-electron chi connectivity index (χ3n) is 3.99. The number of aliphatic hydroxyl groups is 1. The Hall–Kier alpha value is -0.130. The van der Waals surface area contributed by atoms with Crippen molar-refractivity contribution in [3.05, 3.63) is 0 Å². The second-order valence-electron chi connectivity index (χ2n) is 6.03. The minimum absolute atomic E-state index is 0.317. The van der Waals surface area contributed by atoms with Crippen LogP contribution in [0.15, 0.2) is 0 Å². The van der Waals surface area contributed by atoms with Crippen LogP contribution in [0, 0.1) is 0 Å². The molecular weight excluding hydrogens is 288 g/mol. The second kappa shape index (κ2) is 12.4. The molecule has 0 aliphatic heterocycles. The Bertz CT molecular complexity index is 327. The highest BCUT2D eigenvalue weighted by Crippen LogP contribution is 2.18. The van der Waals surface area contributed by atoms with Crippen LogP contribution in [-0.2, 0) is 10.1 Å². The third-order valence-corrected chi connectivity index (χ3v) is 5.30. The quantitative estimate of drug-likeness (QED) is 0.369. The van der Waals surface area contributed by atoms with Gasteiger partial charge >= 0.3 is 0 Å². The molecule has 128 valence electrons. The number of hydrogen-bond acceptors (Lipinski definition) is 3. The molecule has 0 fully saturated rings. The Morgan fingerprint density at radius 1 is 0.762 bits per heavy atom. The molecule has 0 aromatic carbocycles. The zero-order valence-corrected chi connectivity index (χ0v) is 14.6. The smallest absolute Gasteiger partial charge is 0.270 e. The van der Waals surface area contributed by atoms with Gasteiger partial charge in [-0.1, -0.05) is 78.1 Å². The largest absolute Gasteiger partial charge is 0.392 e. The van der Waals surface area contributed by atoms with E-state index in [1.165, 1.54) is 38.5 Å². The van der Waals surface area contributed by atoms with Crippen molar-refractivity contribution in [3.63, 3.8) is 0 Å². The molecule has 0 aromatic heterocycles. The molecule has 0 aromatic rings. The van der Waals surface area contributed by atoms with Crippen molar-refractivity contribution in [1.82, 2.24) is 0 Å². The van der Waals surface area contributed by atoms with Crippen LogP contribution in [0.25, 0.3) is 0 Å². The van der Waals surface area contributed by atoms with Crippen molar-refractivity contribution in [2.24, 2.45) is 0 Å². The lowest BCUT2D eigenvalue weighted by atomic mass is 10.0. The maximum Gasteiger partial charge on any atom is 0.270 e. The van der Waals surface area contributed by atoms with E-state index in [2.05, 4.69) is 6.92 Å². The van der Waals surface area contributed by atoms with Crippen LogP contribution in [0.1, 0.15) is 90.9 Å². The van der Waals surface area contributed by atoms with Crippen LogP contribution >= 0.6 is 0 Å². The normalized spacial score (nSPS) is 15.0. The molecular formula is C16H34O4S. The Balaban J connectivity index is 3.70. The van der Waals surface area contributed by atoms with Gasteiger partial charge in [-0.3, -0.25) is 4.55 Å². The number of rotatable bonds is 14. The van der Waals surface area contributed by atoms with E-state index in [1.807, 2.05) is 6.92 Å². The van der Waals surface area contributed by atoms with Gasteiger partial charge < -0.3 is 5.11 Å². The summed E-state index contributed by atoms with van der Waals surface area (Å²) in [6, 6.07) is 0. The zero-order chi connectivity index (χ0) is 16.1. The minimum atomic E-state index is -4.14. The maximum absolute atomic E-state index is 11.2. The summed E-state index contributed by atoms with van der Waals surface area (Å²) in [6.45, 7) is 4.06. The Morgan fingerprint density at radius 2 is 1.24 bits per heavy atom. The Morgan fingerprint density at radius 3 is 1.67 bits per heavy atom. The molecule has 0 amide bonds. The number of hydrogen-bond donors (Lipinski definition) is 2. The zero-order valence-electron chi connectivity index (χ0n) is 13.8. The van der Waals surface area contributed by atoms with E-state index >= 15 is 0 Å². The summed E-state index contributed by atoms with van der Waals surface area (Å²) in [5, 5.41) is 8.92. The van der Waals surface area contributed by atoms with E-state index in [9.17, 15) is 13.5 Å². The van der Waals surface area contributed by atoms with Crippen LogP contribution in [0.3, 0.4) is 0 Å². The molecule has 0 saturated carbocycles. The average Bonchev–Trinajstić information content (AvgIpc) is 2.41. The molecule has 0 spiro atoms. The molecule has 2 N–H and O–H groups in total. The van der Waals surface area contributed by atoms with Crippen molar-refractivity contribution in [2.75, 3.05) is 0 Å². The van der Waals surface area contributed by atoms with E-state index in [0.29, 0.717) is 19.3 Å². The highest BCUT2D eigenvalue weighted by molar-refractivity contribution is 7.86. The molecule has 2 atom stereocenters. The van der Waals surface area contributed by atoms with Gasteiger partial charge in [0.05, 0.1) is 6.10 Å². The van der Waals surface area contributed by atoms with Crippen LogP contribution in [-0.4, -0.2) is 29.4 Å². The van der Waals surface area contributed by atoms with Crippen molar-refractivity contribution in [1.29, 1.82) is 0 Å². The van der Waals surface area contributed by atoms with Gasteiger partial charge in [0.2, 0.25) is 0 Å². The first kappa shape index (κ1) is 20.9. The minimum Gasteiger partial charge on any atom is -0.392 e. The molecule has 0 saturated heterocycles. The van der Waals surface area contributed by atoms with Gasteiger partial charge in [-0.25, -0.2) is 0 Å². The molecule has 0 rings (SSSR count). The monoisotopic (exact) mass is 322 g/mol. The predicted octanol–water partition coefficient (Wildman–Crippen LogP) is 4.32. The number of aliphatic hydroxyl groups excluding tert-OH is 1. The SMILES string of the molecule is CCCCCCCCCCCC(O)C(CCC)S(=O)(=O)O. The molecule has 0 bridgehead atoms. The van der Waals surface area contributed by atoms with E-state index in [1.54, 1.807) is 0 Å². The molecule has 0 aliphatic rings. The molecule has 0 aliphatic carbocycles. The summed E-state index contributed by atoms with van der Waals surface area (Å²) in [5.41, 5.74) is 0. The van der Waals surface area contributed by atoms with Gasteiger partial charge in [0.1, 0.15) is 5.25 Å². The van der Waals surface area contributed by atoms with Gasteiger partial charge in [-0.2, -0.15) is 8.42 Å². The van der Waals surface area contributed by atoms with E-state index in [-0.39, 0.29) is 0 Å². The molecule has 4 nitrogen and oxygen atoms in total. The van der Waals surface area contributed by atoms with Gasteiger partial charge in [0.25, 0.3) is 10.1 Å². The van der Waals surface area contributed by atoms with Gasteiger partial charge in [0.15, 0.2) is 0 Å². The van der Waals surface area contributed by atoms with Crippen molar-refractivity contribution >= 4 is 10.1 Å². The second-order valence-corrected chi connectivity index (χ2v) is 7.66. The summed E-state index contributed by atoms with van der Waals surface area (Å²) in [4.78, 5) is 0. The maximum atomic E-state index is 11.2. The highest BCUT2D eigenvalue weighted by Gasteiger charge is 2.29. The Kier molecular flexibility index (Phi) is 12.3. The molecule has 0 heterocycles. The topological polar surface area (TPSA) is 74.6 Å². The highest BCUT2D eigenvalue weighted by atomic mass is 32.2. The molecule has 2 unspecified atom stereocenters. The molecule has 21 heavy (non-hydrogen) atoms. The van der Waals surface area contributed by atoms with E-state index in [4.69, 9.17) is 4.55 Å². The first-order valence-corrected chi connectivity index (χ1v) is 10.1. The lowest BCUT2D eigenvalue weighted by Crippen LogP contribution is -2.33. The van der Waals surface area contributed by atoms with Gasteiger partial charge in [0, 0.05) is 0 Å². The number of unbranched alkanes of at least 4 members (excludes halogenated alkanes) is 8. The fraction of sp³-hybridized carbons (Fsp3) is 1.00. The van der Waals surface area contributed by atoms with Crippen molar-refractivity contribution in [2.45, 2.75) is 102 Å². The van der Waals surface area contributed by atoms with Crippen LogP contribution < -0.4 is 0 Å². The van der Waals surface area contributed by atoms with E-state index in [0.717, 1.165) is 19.3 Å². The van der Waals surface area contributed by atoms with Crippen LogP contribution in [0.2, 0.25) is 0 Å². The fourth-order valence-electron chi connectivity index (χ4n) is 2.67. The Labute approximate surface area is 131 Å². The van der Waals surface area contributed by atoms with Crippen LogP contribution in [0.4, 0.5) is 0 Å². The van der Waals surface area contributed by atoms with E-state index < -0.39 is 21.5 Å². The molecule has 0 radical (unpaired) electrons. The summed E-state index contributed by atoms with van der Waals surface area (Å²) >= 11 is 0. The average molecular weight is 323 g/mol. The summed E-state index contributed by atoms with van der Waals surface area (Å²) in [7, 11) is -4.14. The fourth-order valence-corrected chi connectivity index (χ4v) is 3.74. The lowest BCUT2D eigenvalue weighted by molar-refractivity contribution is 0.147. The van der Waals surface area contributed by atoms with Crippen molar-refractivity contribution < 1.29 is 18.1 Å². The molecule has 5 heteroatoms. The standard InChI is InChI=1S/C16H34O4S/c1-3-5-6-7-8-9-10-11-12-14-15(17)16(13-4-2)21(18,19)20/h15-17H,3-14H2,1-2H3,(H,18,19,20). The van der Waals surface area contributed by atoms with Crippen LogP contribution in [0.5, 0.6) is 0 Å². The first-order valence-electron chi connectivity index (χ1n) is 8.57. The van der Waals surface area contributed by atoms with Gasteiger partial charge in [-0.15, -0.1) is 0 Å². The summed E-state index contributed by atoms with van der Waals surface area (Å²) < 4.78 is 31.6. The summed E-state index contributed by atoms with van der Waals surface area (Å²) in [6.07, 6.45) is 11.2. The van der Waals surface area contributed by atoms with Gasteiger partial charge in [-0.05, 0) is 12.8 Å². The van der Waals surface area contributed by atoms with Crippen molar-refractivity contribution in [3.8, 4) is 0 Å². The predicted molar refractivity (Wildman–Crippen MR) is 88.1 cm³/mol. The lowest BCUT2D eigenvalue weighted by Gasteiger charge is -2.19. The first-order chi connectivity index (χ1) is 9.93. The summed E-state index contributed by atoms with van der Waals surface area (Å²) in [5.74, 6) is 0. The third kappa shape index (κ3) is 11.1.